The number of hydrogen-bond donors (Lipinski definition) is 4. The molecule has 0 aromatic heterocycles. The second-order valence-electron chi connectivity index (χ2n) is 8.42. The van der Waals surface area contributed by atoms with E-state index in [-0.39, 0.29) is 19.3 Å². The summed E-state index contributed by atoms with van der Waals surface area (Å²) in [5, 5.41) is 28.1. The molecule has 0 heterocycles. The molecule has 0 radical (unpaired) electrons. The SMILES string of the molecule is CCCCCCCCCCCCCCCCCCOCC(C)O.OCCNCCO. The van der Waals surface area contributed by atoms with Crippen LogP contribution in [0, 0.1) is 0 Å². The van der Waals surface area contributed by atoms with Crippen LogP contribution in [-0.2, 0) is 4.74 Å². The number of rotatable bonds is 23. The van der Waals surface area contributed by atoms with Crippen LogP contribution in [0.5, 0.6) is 0 Å². The van der Waals surface area contributed by atoms with Crippen molar-refractivity contribution in [1.82, 2.24) is 5.32 Å². The maximum atomic E-state index is 9.06. The van der Waals surface area contributed by atoms with Crippen LogP contribution < -0.4 is 5.32 Å². The van der Waals surface area contributed by atoms with E-state index in [1.807, 2.05) is 0 Å². The Kier molecular flexibility index (Phi) is 33.0. The van der Waals surface area contributed by atoms with Gasteiger partial charge < -0.3 is 25.4 Å². The van der Waals surface area contributed by atoms with Crippen molar-refractivity contribution in [3.8, 4) is 0 Å². The number of unbranched alkanes of at least 4 members (excludes halogenated alkanes) is 15. The van der Waals surface area contributed by atoms with E-state index < -0.39 is 0 Å². The molecule has 0 aliphatic carbocycles. The third kappa shape index (κ3) is 35.3. The summed E-state index contributed by atoms with van der Waals surface area (Å²) in [6.07, 6.45) is 22.1. The average molecular weight is 434 g/mol. The van der Waals surface area contributed by atoms with Crippen molar-refractivity contribution >= 4 is 0 Å². The van der Waals surface area contributed by atoms with Crippen molar-refractivity contribution < 1.29 is 20.1 Å². The molecule has 1 unspecified atom stereocenters. The van der Waals surface area contributed by atoms with E-state index in [2.05, 4.69) is 12.2 Å². The van der Waals surface area contributed by atoms with Crippen molar-refractivity contribution in [3.63, 3.8) is 0 Å². The predicted octanol–water partition coefficient (Wildman–Crippen LogP) is 5.21. The summed E-state index contributed by atoms with van der Waals surface area (Å²) in [4.78, 5) is 0. The number of nitrogens with one attached hydrogen (secondary N) is 1. The monoisotopic (exact) mass is 433 g/mol. The molecule has 1 atom stereocenters. The minimum Gasteiger partial charge on any atom is -0.395 e. The second-order valence-corrected chi connectivity index (χ2v) is 8.42. The fraction of sp³-hybridized carbons (Fsp3) is 1.00. The topological polar surface area (TPSA) is 82.0 Å². The van der Waals surface area contributed by atoms with Gasteiger partial charge in [0, 0.05) is 19.7 Å². The lowest BCUT2D eigenvalue weighted by molar-refractivity contribution is 0.0445. The number of aliphatic hydroxyl groups is 3. The van der Waals surface area contributed by atoms with Gasteiger partial charge in [0.25, 0.3) is 0 Å². The van der Waals surface area contributed by atoms with E-state index in [4.69, 9.17) is 20.1 Å². The first-order valence-corrected chi connectivity index (χ1v) is 12.9. The zero-order valence-electron chi connectivity index (χ0n) is 20.4. The Balaban J connectivity index is 0. The molecular formula is C25H55NO4. The maximum absolute atomic E-state index is 9.06. The average Bonchev–Trinajstić information content (AvgIpc) is 2.73. The second kappa shape index (κ2) is 31.0. The molecule has 5 nitrogen and oxygen atoms in total. The molecule has 0 amide bonds. The normalized spacial score (nSPS) is 11.9. The molecule has 0 aliphatic heterocycles. The predicted molar refractivity (Wildman–Crippen MR) is 129 cm³/mol. The first-order chi connectivity index (χ1) is 14.7. The zero-order chi connectivity index (χ0) is 22.5. The molecule has 5 heteroatoms. The van der Waals surface area contributed by atoms with Crippen LogP contribution in [0.15, 0.2) is 0 Å². The van der Waals surface area contributed by atoms with Crippen molar-refractivity contribution in [2.75, 3.05) is 39.5 Å². The van der Waals surface area contributed by atoms with Gasteiger partial charge in [-0.25, -0.2) is 0 Å². The Morgan fingerprint density at radius 2 is 1.00 bits per heavy atom. The van der Waals surface area contributed by atoms with E-state index >= 15 is 0 Å². The van der Waals surface area contributed by atoms with Gasteiger partial charge in [-0.1, -0.05) is 103 Å². The van der Waals surface area contributed by atoms with E-state index in [1.165, 1.54) is 96.3 Å². The number of hydrogen-bond acceptors (Lipinski definition) is 5. The molecule has 4 N–H and O–H groups in total. The number of aliphatic hydroxyl groups excluding tert-OH is 3. The van der Waals surface area contributed by atoms with Gasteiger partial charge in [0.1, 0.15) is 0 Å². The highest BCUT2D eigenvalue weighted by atomic mass is 16.5. The Hall–Kier alpha value is -0.200. The molecule has 184 valence electrons. The van der Waals surface area contributed by atoms with Gasteiger partial charge in [-0.05, 0) is 13.3 Å². The summed E-state index contributed by atoms with van der Waals surface area (Å²) < 4.78 is 5.36. The molecule has 0 fully saturated rings. The molecule has 0 aromatic rings. The summed E-state index contributed by atoms with van der Waals surface area (Å²) in [5.74, 6) is 0. The van der Waals surface area contributed by atoms with Crippen molar-refractivity contribution in [1.29, 1.82) is 0 Å². The third-order valence-corrected chi connectivity index (χ3v) is 5.08. The van der Waals surface area contributed by atoms with E-state index in [0.29, 0.717) is 19.7 Å². The van der Waals surface area contributed by atoms with Crippen LogP contribution in [0.25, 0.3) is 0 Å². The summed E-state index contributed by atoms with van der Waals surface area (Å²) in [6.45, 7) is 6.77. The summed E-state index contributed by atoms with van der Waals surface area (Å²) >= 11 is 0. The molecule has 0 aromatic carbocycles. The minimum atomic E-state index is -0.323. The van der Waals surface area contributed by atoms with Crippen molar-refractivity contribution in [3.05, 3.63) is 0 Å². The lowest BCUT2D eigenvalue weighted by Crippen LogP contribution is -2.21. The van der Waals surface area contributed by atoms with Crippen LogP contribution in [-0.4, -0.2) is 60.9 Å². The van der Waals surface area contributed by atoms with Crippen molar-refractivity contribution in [2.45, 2.75) is 123 Å². The molecular weight excluding hydrogens is 378 g/mol. The van der Waals surface area contributed by atoms with E-state index in [9.17, 15) is 0 Å². The molecule has 0 saturated carbocycles. The van der Waals surface area contributed by atoms with Gasteiger partial charge in [-0.2, -0.15) is 0 Å². The molecule has 0 bridgehead atoms. The third-order valence-electron chi connectivity index (χ3n) is 5.08. The van der Waals surface area contributed by atoms with Gasteiger partial charge in [-0.3, -0.25) is 0 Å². The quantitative estimate of drug-likeness (QED) is 0.166. The van der Waals surface area contributed by atoms with Crippen molar-refractivity contribution in [2.24, 2.45) is 0 Å². The van der Waals surface area contributed by atoms with Crippen LogP contribution >= 0.6 is 0 Å². The molecule has 0 rings (SSSR count). The van der Waals surface area contributed by atoms with Crippen LogP contribution in [0.1, 0.15) is 117 Å². The largest absolute Gasteiger partial charge is 0.395 e. The van der Waals surface area contributed by atoms with Crippen LogP contribution in [0.4, 0.5) is 0 Å². The Bertz CT molecular complexity index is 274. The lowest BCUT2D eigenvalue weighted by atomic mass is 10.0. The Labute approximate surface area is 188 Å². The van der Waals surface area contributed by atoms with Gasteiger partial charge in [0.2, 0.25) is 0 Å². The van der Waals surface area contributed by atoms with Crippen LogP contribution in [0.3, 0.4) is 0 Å². The zero-order valence-corrected chi connectivity index (χ0v) is 20.4. The summed E-state index contributed by atoms with van der Waals surface area (Å²) in [7, 11) is 0. The summed E-state index contributed by atoms with van der Waals surface area (Å²) in [6, 6.07) is 0. The maximum Gasteiger partial charge on any atom is 0.0745 e. The van der Waals surface area contributed by atoms with Gasteiger partial charge in [0.15, 0.2) is 0 Å². The first kappa shape index (κ1) is 32.0. The molecule has 0 saturated heterocycles. The highest BCUT2D eigenvalue weighted by Gasteiger charge is 1.96. The number of ether oxygens (including phenoxy) is 1. The highest BCUT2D eigenvalue weighted by Crippen LogP contribution is 2.13. The van der Waals surface area contributed by atoms with Crippen LogP contribution in [0.2, 0.25) is 0 Å². The fourth-order valence-corrected chi connectivity index (χ4v) is 3.29. The molecule has 0 aliphatic rings. The molecule has 0 spiro atoms. The van der Waals surface area contributed by atoms with Gasteiger partial charge in [0.05, 0.1) is 25.9 Å². The standard InChI is InChI=1S/C21H44O2.C4H11NO2/c1-3-4-5-6-7-8-9-10-11-12-13-14-15-16-17-18-19-23-20-21(2)22;6-3-1-5-2-4-7/h21-22H,3-20H2,1-2H3;5-7H,1-4H2. The van der Waals surface area contributed by atoms with E-state index in [1.54, 1.807) is 6.92 Å². The lowest BCUT2D eigenvalue weighted by Gasteiger charge is -2.06. The van der Waals surface area contributed by atoms with E-state index in [0.717, 1.165) is 13.0 Å². The van der Waals surface area contributed by atoms with Gasteiger partial charge >= 0.3 is 0 Å². The fourth-order valence-electron chi connectivity index (χ4n) is 3.29. The first-order valence-electron chi connectivity index (χ1n) is 12.9. The van der Waals surface area contributed by atoms with Gasteiger partial charge in [-0.15, -0.1) is 0 Å². The smallest absolute Gasteiger partial charge is 0.0745 e. The minimum absolute atomic E-state index is 0.139. The highest BCUT2D eigenvalue weighted by molar-refractivity contribution is 4.50. The Morgan fingerprint density at radius 1 is 0.633 bits per heavy atom. The molecule has 30 heavy (non-hydrogen) atoms. The Morgan fingerprint density at radius 3 is 1.33 bits per heavy atom. The summed E-state index contributed by atoms with van der Waals surface area (Å²) in [5.41, 5.74) is 0.